The van der Waals surface area contributed by atoms with Gasteiger partial charge in [0.2, 0.25) is 5.82 Å². The topological polar surface area (TPSA) is 118 Å². The van der Waals surface area contributed by atoms with Crippen molar-refractivity contribution in [3.63, 3.8) is 0 Å². The van der Waals surface area contributed by atoms with Crippen LogP contribution in [0.25, 0.3) is 0 Å². The number of ether oxygens (including phenoxy) is 1. The van der Waals surface area contributed by atoms with Gasteiger partial charge in [-0.15, -0.1) is 0 Å². The van der Waals surface area contributed by atoms with Gasteiger partial charge in [0.25, 0.3) is 5.56 Å². The number of rotatable bonds is 6. The van der Waals surface area contributed by atoms with Gasteiger partial charge < -0.3 is 16.2 Å². The van der Waals surface area contributed by atoms with Crippen molar-refractivity contribution in [2.75, 3.05) is 27.2 Å². The van der Waals surface area contributed by atoms with Gasteiger partial charge in [-0.05, 0) is 17.7 Å². The molecule has 0 aliphatic carbocycles. The van der Waals surface area contributed by atoms with Crippen LogP contribution in [0.1, 0.15) is 11.1 Å². The molecule has 9 heteroatoms. The fourth-order valence-corrected chi connectivity index (χ4v) is 4.24. The Kier molecular flexibility index (Phi) is 5.58. The molecule has 0 amide bonds. The molecule has 2 aromatic carbocycles. The monoisotopic (exact) mass is 435 g/mol. The third kappa shape index (κ3) is 3.78. The van der Waals surface area contributed by atoms with Crippen molar-refractivity contribution in [3.05, 3.63) is 86.6 Å². The Balaban J connectivity index is 1.88. The molecular weight excluding hydrogens is 408 g/mol. The molecule has 0 saturated heterocycles. The van der Waals surface area contributed by atoms with E-state index in [0.29, 0.717) is 31.2 Å². The number of guanidine groups is 1. The van der Waals surface area contributed by atoms with Crippen LogP contribution in [-0.2, 0) is 13.1 Å². The summed E-state index contributed by atoms with van der Waals surface area (Å²) in [5.74, 6) is 1.29. The predicted molar refractivity (Wildman–Crippen MR) is 126 cm³/mol. The number of nitrogens with two attached hydrogens (primary N) is 2. The lowest BCUT2D eigenvalue weighted by Gasteiger charge is -2.39. The van der Waals surface area contributed by atoms with Crippen LogP contribution in [0.15, 0.2) is 69.2 Å². The number of hydrogen-bond acceptors (Lipinski definition) is 4. The summed E-state index contributed by atoms with van der Waals surface area (Å²) in [6, 6.07) is 16.8. The van der Waals surface area contributed by atoms with Gasteiger partial charge in [-0.25, -0.2) is 18.8 Å². The zero-order valence-electron chi connectivity index (χ0n) is 18.2. The number of quaternary nitrogens is 1. The lowest BCUT2D eigenvalue weighted by molar-refractivity contribution is 0.391. The van der Waals surface area contributed by atoms with E-state index in [0.717, 1.165) is 16.8 Å². The molecule has 2 heterocycles. The first-order chi connectivity index (χ1) is 15.3. The molecule has 1 atom stereocenters. The van der Waals surface area contributed by atoms with Crippen LogP contribution in [0.5, 0.6) is 5.75 Å². The van der Waals surface area contributed by atoms with E-state index in [9.17, 15) is 9.59 Å². The Bertz CT molecular complexity index is 1290. The fourth-order valence-electron chi connectivity index (χ4n) is 4.24. The summed E-state index contributed by atoms with van der Waals surface area (Å²) in [4.78, 5) is 30.7. The number of nitrogens with zero attached hydrogens (tertiary/aromatic N) is 4. The SMILES string of the molecule is COc1ccc2c(c1)[N+](C)(CCN=C(N)N)c1cc(=O)n(Cc3ccccc3)c(=O)n1C2. The Morgan fingerprint density at radius 2 is 1.88 bits per heavy atom. The second-order valence-corrected chi connectivity index (χ2v) is 8.00. The fraction of sp³-hybridized carbons (Fsp3) is 0.261. The molecule has 0 bridgehead atoms. The number of aromatic nitrogens is 2. The van der Waals surface area contributed by atoms with Crippen molar-refractivity contribution in [3.8, 4) is 5.75 Å². The van der Waals surface area contributed by atoms with Gasteiger partial charge in [-0.1, -0.05) is 30.3 Å². The summed E-state index contributed by atoms with van der Waals surface area (Å²) in [5.41, 5.74) is 13.1. The first-order valence-electron chi connectivity index (χ1n) is 10.3. The maximum atomic E-state index is 13.5. The maximum Gasteiger partial charge on any atom is 0.336 e. The van der Waals surface area contributed by atoms with E-state index in [-0.39, 0.29) is 28.2 Å². The van der Waals surface area contributed by atoms with Gasteiger partial charge in [0, 0.05) is 11.6 Å². The average Bonchev–Trinajstić information content (AvgIpc) is 2.78. The first kappa shape index (κ1) is 21.4. The molecule has 1 aromatic heterocycles. The minimum absolute atomic E-state index is 0.00450. The molecule has 0 radical (unpaired) electrons. The summed E-state index contributed by atoms with van der Waals surface area (Å²) in [6.45, 7) is 1.36. The second-order valence-electron chi connectivity index (χ2n) is 8.00. The largest absolute Gasteiger partial charge is 0.497 e. The van der Waals surface area contributed by atoms with Crippen LogP contribution in [0.2, 0.25) is 0 Å². The summed E-state index contributed by atoms with van der Waals surface area (Å²) >= 11 is 0. The molecule has 1 aliphatic rings. The van der Waals surface area contributed by atoms with Gasteiger partial charge >= 0.3 is 5.69 Å². The maximum absolute atomic E-state index is 13.5. The highest BCUT2D eigenvalue weighted by molar-refractivity contribution is 5.75. The molecule has 1 aliphatic heterocycles. The standard InChI is InChI=1S/C23H27N6O3/c1-29(11-10-26-22(24)25)19-12-18(32-2)9-8-17(19)15-27-20(29)13-21(30)28(23(27)31)14-16-6-4-3-5-7-16/h3-9,12-13H,10-11,14-15H2,1-2H3,(H4,24,25,26)/q+1. The number of benzene rings is 2. The smallest absolute Gasteiger partial charge is 0.336 e. The molecule has 4 N–H and O–H groups in total. The van der Waals surface area contributed by atoms with Crippen molar-refractivity contribution in [2.45, 2.75) is 13.1 Å². The average molecular weight is 436 g/mol. The molecule has 4 rings (SSSR count). The van der Waals surface area contributed by atoms with Gasteiger partial charge in [-0.3, -0.25) is 9.36 Å². The molecule has 0 spiro atoms. The van der Waals surface area contributed by atoms with Gasteiger partial charge in [0.15, 0.2) is 5.96 Å². The Morgan fingerprint density at radius 1 is 1.12 bits per heavy atom. The van der Waals surface area contributed by atoms with E-state index >= 15 is 0 Å². The van der Waals surface area contributed by atoms with Gasteiger partial charge in [0.1, 0.15) is 18.0 Å². The van der Waals surface area contributed by atoms with Crippen molar-refractivity contribution in [2.24, 2.45) is 16.5 Å². The molecule has 0 saturated carbocycles. The highest BCUT2D eigenvalue weighted by atomic mass is 16.5. The zero-order chi connectivity index (χ0) is 22.9. The summed E-state index contributed by atoms with van der Waals surface area (Å²) in [7, 11) is 3.56. The second kappa shape index (κ2) is 8.35. The Morgan fingerprint density at radius 3 is 2.56 bits per heavy atom. The molecule has 32 heavy (non-hydrogen) atoms. The number of aliphatic imine (C=N–C) groups is 1. The Labute approximate surface area is 185 Å². The van der Waals surface area contributed by atoms with Crippen LogP contribution in [0.3, 0.4) is 0 Å². The summed E-state index contributed by atoms with van der Waals surface area (Å²) in [5, 5.41) is 0. The van der Waals surface area contributed by atoms with Crippen LogP contribution >= 0.6 is 0 Å². The van der Waals surface area contributed by atoms with E-state index in [4.69, 9.17) is 16.2 Å². The highest BCUT2D eigenvalue weighted by Gasteiger charge is 2.39. The third-order valence-electron chi connectivity index (χ3n) is 5.94. The minimum Gasteiger partial charge on any atom is -0.497 e. The van der Waals surface area contributed by atoms with Gasteiger partial charge in [-0.2, -0.15) is 0 Å². The minimum atomic E-state index is -0.345. The lowest BCUT2D eigenvalue weighted by atomic mass is 10.1. The highest BCUT2D eigenvalue weighted by Crippen LogP contribution is 2.40. The molecule has 166 valence electrons. The van der Waals surface area contributed by atoms with E-state index < -0.39 is 0 Å². The molecule has 9 nitrogen and oxygen atoms in total. The number of likely N-dealkylation sites (N-methyl/N-ethyl adjacent to an activating group) is 1. The van der Waals surface area contributed by atoms with E-state index in [2.05, 4.69) is 4.99 Å². The van der Waals surface area contributed by atoms with Crippen molar-refractivity contribution in [1.82, 2.24) is 13.6 Å². The van der Waals surface area contributed by atoms with Gasteiger partial charge in [0.05, 0.1) is 39.9 Å². The molecular formula is C23H27N6O3+. The normalized spacial score (nSPS) is 16.7. The first-order valence-corrected chi connectivity index (χ1v) is 10.3. The van der Waals surface area contributed by atoms with Crippen LogP contribution in [0, 0.1) is 0 Å². The van der Waals surface area contributed by atoms with E-state index in [1.54, 1.807) is 17.7 Å². The van der Waals surface area contributed by atoms with Crippen LogP contribution in [-0.4, -0.2) is 42.3 Å². The number of hydrogen-bond donors (Lipinski definition) is 2. The Hall–Kier alpha value is -3.85. The zero-order valence-corrected chi connectivity index (χ0v) is 18.2. The third-order valence-corrected chi connectivity index (χ3v) is 5.94. The number of methoxy groups -OCH3 is 1. The van der Waals surface area contributed by atoms with Crippen molar-refractivity contribution >= 4 is 17.5 Å². The van der Waals surface area contributed by atoms with Crippen molar-refractivity contribution in [1.29, 1.82) is 0 Å². The molecule has 3 aromatic rings. The summed E-state index contributed by atoms with van der Waals surface area (Å²) in [6.07, 6.45) is 0. The van der Waals surface area contributed by atoms with Crippen LogP contribution < -0.4 is 31.9 Å². The quantitative estimate of drug-likeness (QED) is 0.340. The van der Waals surface area contributed by atoms with E-state index in [1.807, 2.05) is 55.6 Å². The number of fused-ring (bicyclic) bond motifs is 2. The van der Waals surface area contributed by atoms with Crippen molar-refractivity contribution < 1.29 is 4.74 Å². The predicted octanol–water partition coefficient (Wildman–Crippen LogP) is 0.971. The molecule has 1 unspecified atom stereocenters. The van der Waals surface area contributed by atoms with Crippen LogP contribution in [0.4, 0.5) is 11.5 Å². The molecule has 0 fully saturated rings. The lowest BCUT2D eigenvalue weighted by Crippen LogP contribution is -2.52. The summed E-state index contributed by atoms with van der Waals surface area (Å²) < 4.78 is 8.55. The van der Waals surface area contributed by atoms with E-state index in [1.165, 1.54) is 4.57 Å².